The predicted octanol–water partition coefficient (Wildman–Crippen LogP) is 1.30. The van der Waals surface area contributed by atoms with Crippen LogP contribution in [-0.4, -0.2) is 30.0 Å². The molecule has 8 nitrogen and oxygen atoms in total. The van der Waals surface area contributed by atoms with Gasteiger partial charge in [0.15, 0.2) is 0 Å². The highest BCUT2D eigenvalue weighted by Crippen LogP contribution is 2.32. The van der Waals surface area contributed by atoms with Gasteiger partial charge in [-0.05, 0) is 6.07 Å². The Labute approximate surface area is 123 Å². The molecule has 0 spiro atoms. The summed E-state index contributed by atoms with van der Waals surface area (Å²) < 4.78 is 0. The van der Waals surface area contributed by atoms with E-state index in [1.54, 1.807) is 0 Å². The molecule has 108 valence electrons. The molecule has 1 aromatic rings. The van der Waals surface area contributed by atoms with Gasteiger partial charge in [0.1, 0.15) is 5.02 Å². The molecule has 0 saturated carbocycles. The molecule has 0 fully saturated rings. The molecule has 0 aromatic heterocycles. The zero-order chi connectivity index (χ0) is 15.3. The van der Waals surface area contributed by atoms with E-state index in [0.29, 0.717) is 0 Å². The van der Waals surface area contributed by atoms with Gasteiger partial charge in [-0.25, -0.2) is 4.79 Å². The minimum Gasteiger partial charge on any atom is -0.352 e. The number of nitrogens with one attached hydrogen (secondary N) is 2. The van der Waals surface area contributed by atoms with E-state index in [1.165, 1.54) is 6.07 Å². The molecule has 4 N–H and O–H groups in total. The first-order valence-electron chi connectivity index (χ1n) is 5.28. The lowest BCUT2D eigenvalue weighted by Crippen LogP contribution is -2.37. The average Bonchev–Trinajstić information content (AvgIpc) is 2.36. The van der Waals surface area contributed by atoms with Crippen molar-refractivity contribution in [1.82, 2.24) is 10.6 Å². The van der Waals surface area contributed by atoms with Gasteiger partial charge < -0.3 is 16.4 Å². The Bertz CT molecular complexity index is 564. The second-order valence-electron chi connectivity index (χ2n) is 3.60. The Balaban J connectivity index is 2.78. The summed E-state index contributed by atoms with van der Waals surface area (Å²) in [7, 11) is 0. The number of hydrogen-bond acceptors (Lipinski definition) is 4. The van der Waals surface area contributed by atoms with E-state index in [0.717, 1.165) is 6.07 Å². The van der Waals surface area contributed by atoms with Crippen molar-refractivity contribution in [3.63, 3.8) is 0 Å². The lowest BCUT2D eigenvalue weighted by molar-refractivity contribution is -0.384. The van der Waals surface area contributed by atoms with Gasteiger partial charge in [-0.3, -0.25) is 14.9 Å². The van der Waals surface area contributed by atoms with Crippen LogP contribution in [0.25, 0.3) is 0 Å². The first-order valence-corrected chi connectivity index (χ1v) is 6.03. The molecule has 0 radical (unpaired) electrons. The van der Waals surface area contributed by atoms with E-state index < -0.39 is 22.5 Å². The SMILES string of the molecule is NC(=O)NCCNC(=O)c1cc(Cl)c(Cl)c([N+](=O)[O-])c1. The number of carbonyl (C=O) groups excluding carboxylic acids is 2. The van der Waals surface area contributed by atoms with E-state index in [1.807, 2.05) is 0 Å². The van der Waals surface area contributed by atoms with Gasteiger partial charge in [0.05, 0.1) is 9.95 Å². The Morgan fingerprint density at radius 2 is 1.85 bits per heavy atom. The molecule has 20 heavy (non-hydrogen) atoms. The predicted molar refractivity (Wildman–Crippen MR) is 73.0 cm³/mol. The van der Waals surface area contributed by atoms with E-state index in [4.69, 9.17) is 28.9 Å². The van der Waals surface area contributed by atoms with Crippen LogP contribution in [0.2, 0.25) is 10.0 Å². The molecule has 1 rings (SSSR count). The fraction of sp³-hybridized carbons (Fsp3) is 0.200. The van der Waals surface area contributed by atoms with Crippen LogP contribution in [-0.2, 0) is 0 Å². The molecule has 0 heterocycles. The van der Waals surface area contributed by atoms with Crippen LogP contribution in [0.3, 0.4) is 0 Å². The topological polar surface area (TPSA) is 127 Å². The van der Waals surface area contributed by atoms with Crippen LogP contribution in [0, 0.1) is 10.1 Å². The smallest absolute Gasteiger partial charge is 0.312 e. The maximum atomic E-state index is 11.7. The molecule has 0 aliphatic rings. The molecular formula is C10H10Cl2N4O4. The number of nitro groups is 1. The summed E-state index contributed by atoms with van der Waals surface area (Å²) in [5.41, 5.74) is 4.37. The summed E-state index contributed by atoms with van der Waals surface area (Å²) >= 11 is 11.4. The molecule has 0 atom stereocenters. The van der Waals surface area contributed by atoms with Gasteiger partial charge in [0, 0.05) is 24.7 Å². The number of carbonyl (C=O) groups is 2. The van der Waals surface area contributed by atoms with Crippen molar-refractivity contribution >= 4 is 40.8 Å². The minimum absolute atomic E-state index is 0.00910. The monoisotopic (exact) mass is 320 g/mol. The van der Waals surface area contributed by atoms with Crippen LogP contribution in [0.15, 0.2) is 12.1 Å². The van der Waals surface area contributed by atoms with Crippen molar-refractivity contribution < 1.29 is 14.5 Å². The number of nitrogens with zero attached hydrogens (tertiary/aromatic N) is 1. The molecule has 1 aromatic carbocycles. The van der Waals surface area contributed by atoms with Crippen LogP contribution < -0.4 is 16.4 Å². The number of halogens is 2. The third-order valence-corrected chi connectivity index (χ3v) is 2.97. The van der Waals surface area contributed by atoms with Gasteiger partial charge in [-0.1, -0.05) is 23.2 Å². The van der Waals surface area contributed by atoms with Crippen molar-refractivity contribution in [2.45, 2.75) is 0 Å². The summed E-state index contributed by atoms with van der Waals surface area (Å²) in [6.07, 6.45) is 0. The van der Waals surface area contributed by atoms with E-state index in [2.05, 4.69) is 10.6 Å². The lowest BCUT2D eigenvalue weighted by Gasteiger charge is -2.07. The Kier molecular flexibility index (Phi) is 5.53. The molecule has 0 saturated heterocycles. The first kappa shape index (κ1) is 16.0. The van der Waals surface area contributed by atoms with Crippen LogP contribution >= 0.6 is 23.2 Å². The highest BCUT2D eigenvalue weighted by molar-refractivity contribution is 6.43. The van der Waals surface area contributed by atoms with Gasteiger partial charge >= 0.3 is 6.03 Å². The second kappa shape index (κ2) is 6.92. The fourth-order valence-electron chi connectivity index (χ4n) is 1.30. The average molecular weight is 321 g/mol. The van der Waals surface area contributed by atoms with Crippen molar-refractivity contribution in [3.05, 3.63) is 37.9 Å². The quantitative estimate of drug-likeness (QED) is 0.429. The number of nitrogens with two attached hydrogens (primary N) is 1. The molecule has 3 amide bonds. The zero-order valence-electron chi connectivity index (χ0n) is 9.98. The number of amides is 3. The number of primary amides is 1. The fourth-order valence-corrected chi connectivity index (χ4v) is 1.69. The van der Waals surface area contributed by atoms with Crippen LogP contribution in [0.5, 0.6) is 0 Å². The Morgan fingerprint density at radius 1 is 1.25 bits per heavy atom. The highest BCUT2D eigenvalue weighted by atomic mass is 35.5. The van der Waals surface area contributed by atoms with Gasteiger partial charge in [-0.2, -0.15) is 0 Å². The third-order valence-electron chi connectivity index (χ3n) is 2.18. The van der Waals surface area contributed by atoms with Crippen molar-refractivity contribution in [1.29, 1.82) is 0 Å². The van der Waals surface area contributed by atoms with Crippen LogP contribution in [0.4, 0.5) is 10.5 Å². The first-order chi connectivity index (χ1) is 9.32. The lowest BCUT2D eigenvalue weighted by atomic mass is 10.2. The summed E-state index contributed by atoms with van der Waals surface area (Å²) in [5.74, 6) is -0.585. The van der Waals surface area contributed by atoms with E-state index in [-0.39, 0.29) is 28.7 Å². The number of benzene rings is 1. The Morgan fingerprint density at radius 3 is 2.40 bits per heavy atom. The van der Waals surface area contributed by atoms with Gasteiger partial charge in [0.25, 0.3) is 11.6 Å². The van der Waals surface area contributed by atoms with Gasteiger partial charge in [-0.15, -0.1) is 0 Å². The largest absolute Gasteiger partial charge is 0.352 e. The summed E-state index contributed by atoms with van der Waals surface area (Å²) in [6, 6.07) is 1.52. The maximum absolute atomic E-state index is 11.7. The molecule has 10 heteroatoms. The third kappa shape index (κ3) is 4.25. The highest BCUT2D eigenvalue weighted by Gasteiger charge is 2.19. The second-order valence-corrected chi connectivity index (χ2v) is 4.38. The van der Waals surface area contributed by atoms with Crippen molar-refractivity contribution in [2.75, 3.05) is 13.1 Å². The maximum Gasteiger partial charge on any atom is 0.312 e. The summed E-state index contributed by atoms with van der Waals surface area (Å²) in [6.45, 7) is 0.236. The van der Waals surface area contributed by atoms with Crippen molar-refractivity contribution in [2.24, 2.45) is 5.73 Å². The molecule has 0 unspecified atom stereocenters. The summed E-state index contributed by atoms with van der Waals surface area (Å²) in [4.78, 5) is 32.2. The normalized spacial score (nSPS) is 9.90. The number of rotatable bonds is 5. The van der Waals surface area contributed by atoms with E-state index in [9.17, 15) is 19.7 Å². The number of nitro benzene ring substituents is 1. The van der Waals surface area contributed by atoms with Gasteiger partial charge in [0.2, 0.25) is 0 Å². The minimum atomic E-state index is -0.736. The molecule has 0 bridgehead atoms. The molecule has 0 aliphatic heterocycles. The van der Waals surface area contributed by atoms with Crippen LogP contribution in [0.1, 0.15) is 10.4 Å². The number of hydrogen-bond donors (Lipinski definition) is 3. The van der Waals surface area contributed by atoms with Crippen molar-refractivity contribution in [3.8, 4) is 0 Å². The zero-order valence-corrected chi connectivity index (χ0v) is 11.5. The standard InChI is InChI=1S/C10H10Cl2N4O4/c11-6-3-5(4-7(8(6)12)16(19)20)9(17)14-1-2-15-10(13)18/h3-4H,1-2H2,(H,14,17)(H3,13,15,18). The number of urea groups is 1. The molecule has 0 aliphatic carbocycles. The Hall–Kier alpha value is -2.06. The summed E-state index contributed by atoms with van der Waals surface area (Å²) in [5, 5.41) is 15.1. The molecular weight excluding hydrogens is 311 g/mol. The van der Waals surface area contributed by atoms with E-state index >= 15 is 0 Å².